The van der Waals surface area contributed by atoms with Crippen LogP contribution in [0.4, 0.5) is 17.6 Å². The fourth-order valence-corrected chi connectivity index (χ4v) is 4.75. The second kappa shape index (κ2) is 8.73. The minimum Gasteiger partial charge on any atom is -0.461 e. The third kappa shape index (κ3) is 4.99. The molecule has 5 nitrogen and oxygen atoms in total. The number of hydrogen-bond acceptors (Lipinski definition) is 4. The zero-order chi connectivity index (χ0) is 21.9. The number of esters is 1. The molecule has 0 atom stereocenters. The van der Waals surface area contributed by atoms with Gasteiger partial charge in [-0.05, 0) is 43.2 Å². The number of ether oxygens (including phenoxy) is 1. The summed E-state index contributed by atoms with van der Waals surface area (Å²) in [6, 6.07) is 9.29. The number of sulfonamides is 1. The van der Waals surface area contributed by atoms with Gasteiger partial charge in [0.1, 0.15) is 12.4 Å². The Morgan fingerprint density at radius 1 is 1.03 bits per heavy atom. The maximum Gasteiger partial charge on any atom is 0.416 e. The first-order chi connectivity index (χ1) is 14.1. The summed E-state index contributed by atoms with van der Waals surface area (Å²) in [4.78, 5) is 12.2. The van der Waals surface area contributed by atoms with Gasteiger partial charge in [-0.2, -0.15) is 17.5 Å². The number of benzene rings is 2. The van der Waals surface area contributed by atoms with Gasteiger partial charge in [-0.15, -0.1) is 0 Å². The summed E-state index contributed by atoms with van der Waals surface area (Å²) in [5.74, 6) is -1.82. The third-order valence-electron chi connectivity index (χ3n) is 4.93. The first-order valence-corrected chi connectivity index (χ1v) is 10.6. The van der Waals surface area contributed by atoms with Crippen LogP contribution in [0, 0.1) is 11.7 Å². The van der Waals surface area contributed by atoms with Gasteiger partial charge in [-0.25, -0.2) is 12.8 Å². The van der Waals surface area contributed by atoms with Crippen molar-refractivity contribution in [2.24, 2.45) is 5.92 Å². The molecule has 30 heavy (non-hydrogen) atoms. The van der Waals surface area contributed by atoms with E-state index in [1.165, 1.54) is 34.6 Å². The SMILES string of the molecule is O=C(OCc1ccccc1C(F)(F)F)C1CCN(S(=O)(=O)c2ccc(F)cc2)CC1. The van der Waals surface area contributed by atoms with Crippen LogP contribution in [0.5, 0.6) is 0 Å². The molecule has 1 aliphatic heterocycles. The summed E-state index contributed by atoms with van der Waals surface area (Å²) >= 11 is 0. The summed E-state index contributed by atoms with van der Waals surface area (Å²) in [6.45, 7) is -0.403. The van der Waals surface area contributed by atoms with E-state index in [1.54, 1.807) is 0 Å². The van der Waals surface area contributed by atoms with E-state index in [-0.39, 0.29) is 36.4 Å². The predicted molar refractivity (Wildman–Crippen MR) is 99.1 cm³/mol. The Morgan fingerprint density at radius 2 is 1.63 bits per heavy atom. The Balaban J connectivity index is 1.58. The van der Waals surface area contributed by atoms with E-state index in [1.807, 2.05) is 0 Å². The lowest BCUT2D eigenvalue weighted by molar-refractivity contribution is -0.153. The van der Waals surface area contributed by atoms with Gasteiger partial charge >= 0.3 is 12.1 Å². The van der Waals surface area contributed by atoms with Crippen molar-refractivity contribution in [2.45, 2.75) is 30.5 Å². The van der Waals surface area contributed by atoms with E-state index < -0.39 is 46.1 Å². The van der Waals surface area contributed by atoms with Crippen molar-refractivity contribution in [2.75, 3.05) is 13.1 Å². The van der Waals surface area contributed by atoms with Gasteiger partial charge in [0.15, 0.2) is 0 Å². The predicted octanol–water partition coefficient (Wildman–Crippen LogP) is 3.99. The highest BCUT2D eigenvalue weighted by atomic mass is 32.2. The van der Waals surface area contributed by atoms with Crippen LogP contribution in [0.25, 0.3) is 0 Å². The van der Waals surface area contributed by atoms with Gasteiger partial charge in [0.25, 0.3) is 0 Å². The number of carbonyl (C=O) groups is 1. The number of rotatable bonds is 5. The fourth-order valence-electron chi connectivity index (χ4n) is 3.28. The molecule has 0 spiro atoms. The summed E-state index contributed by atoms with van der Waals surface area (Å²) in [6.07, 6.45) is -4.19. The molecule has 2 aromatic carbocycles. The summed E-state index contributed by atoms with van der Waals surface area (Å²) in [5.41, 5.74) is -1.01. The highest BCUT2D eigenvalue weighted by Gasteiger charge is 2.35. The molecule has 162 valence electrons. The number of halogens is 4. The Kier molecular flexibility index (Phi) is 6.47. The summed E-state index contributed by atoms with van der Waals surface area (Å²) in [5, 5.41) is 0. The maximum atomic E-state index is 13.0. The highest BCUT2D eigenvalue weighted by molar-refractivity contribution is 7.89. The zero-order valence-corrected chi connectivity index (χ0v) is 16.5. The van der Waals surface area contributed by atoms with Crippen LogP contribution in [0.3, 0.4) is 0 Å². The van der Waals surface area contributed by atoms with E-state index in [4.69, 9.17) is 4.74 Å². The van der Waals surface area contributed by atoms with Crippen LogP contribution in [0.1, 0.15) is 24.0 Å². The van der Waals surface area contributed by atoms with Crippen LogP contribution in [-0.4, -0.2) is 31.8 Å². The minimum absolute atomic E-state index is 0.0475. The number of hydrogen-bond donors (Lipinski definition) is 0. The first-order valence-electron chi connectivity index (χ1n) is 9.16. The van der Waals surface area contributed by atoms with Gasteiger partial charge in [0.2, 0.25) is 10.0 Å². The van der Waals surface area contributed by atoms with Crippen molar-refractivity contribution in [3.63, 3.8) is 0 Å². The molecule has 1 heterocycles. The Hall–Kier alpha value is -2.46. The number of carbonyl (C=O) groups excluding carboxylic acids is 1. The molecule has 10 heteroatoms. The third-order valence-corrected chi connectivity index (χ3v) is 6.84. The van der Waals surface area contributed by atoms with E-state index in [2.05, 4.69) is 0 Å². The maximum absolute atomic E-state index is 13.0. The Bertz CT molecular complexity index is 998. The molecular weight excluding hydrogens is 426 g/mol. The molecule has 0 bridgehead atoms. The van der Waals surface area contributed by atoms with Crippen LogP contribution in [-0.2, 0) is 32.3 Å². The normalized spacial score (nSPS) is 16.4. The van der Waals surface area contributed by atoms with E-state index in [0.29, 0.717) is 0 Å². The molecular formula is C20H19F4NO4S. The average molecular weight is 445 g/mol. The van der Waals surface area contributed by atoms with Gasteiger partial charge in [0, 0.05) is 18.7 Å². The number of piperidine rings is 1. The van der Waals surface area contributed by atoms with Gasteiger partial charge in [-0.1, -0.05) is 18.2 Å². The molecule has 0 amide bonds. The minimum atomic E-state index is -4.55. The van der Waals surface area contributed by atoms with Crippen molar-refractivity contribution in [3.05, 3.63) is 65.5 Å². The Morgan fingerprint density at radius 3 is 2.23 bits per heavy atom. The molecule has 3 rings (SSSR count). The average Bonchev–Trinajstić information content (AvgIpc) is 2.72. The zero-order valence-electron chi connectivity index (χ0n) is 15.7. The monoisotopic (exact) mass is 445 g/mol. The second-order valence-electron chi connectivity index (χ2n) is 6.89. The largest absolute Gasteiger partial charge is 0.461 e. The molecule has 0 radical (unpaired) electrons. The van der Waals surface area contributed by atoms with Crippen molar-refractivity contribution >= 4 is 16.0 Å². The first kappa shape index (κ1) is 22.2. The molecule has 0 saturated carbocycles. The standard InChI is InChI=1S/C20H19F4NO4S/c21-16-5-7-17(8-6-16)30(27,28)25-11-9-14(10-12-25)19(26)29-13-15-3-1-2-4-18(15)20(22,23)24/h1-8,14H,9-13H2. The number of nitrogens with zero attached hydrogens (tertiary/aromatic N) is 1. The van der Waals surface area contributed by atoms with Crippen LogP contribution < -0.4 is 0 Å². The quantitative estimate of drug-likeness (QED) is 0.516. The molecule has 0 aliphatic carbocycles. The molecule has 1 aliphatic rings. The number of alkyl halides is 3. The van der Waals surface area contributed by atoms with Crippen LogP contribution in [0.2, 0.25) is 0 Å². The fraction of sp³-hybridized carbons (Fsp3) is 0.350. The molecule has 1 fully saturated rings. The van der Waals surface area contributed by atoms with Gasteiger partial charge in [0.05, 0.1) is 16.4 Å². The highest BCUT2D eigenvalue weighted by Crippen LogP contribution is 2.32. The smallest absolute Gasteiger partial charge is 0.416 e. The van der Waals surface area contributed by atoms with Crippen LogP contribution in [0.15, 0.2) is 53.4 Å². The lowest BCUT2D eigenvalue weighted by atomic mass is 9.98. The van der Waals surface area contributed by atoms with E-state index in [9.17, 15) is 30.8 Å². The molecule has 2 aromatic rings. The second-order valence-corrected chi connectivity index (χ2v) is 8.83. The van der Waals surface area contributed by atoms with Crippen molar-refractivity contribution < 1.29 is 35.5 Å². The Labute approximate surface area is 171 Å². The molecule has 0 unspecified atom stereocenters. The molecule has 0 aromatic heterocycles. The van der Waals surface area contributed by atoms with E-state index >= 15 is 0 Å². The lowest BCUT2D eigenvalue weighted by Gasteiger charge is -2.30. The van der Waals surface area contributed by atoms with Crippen molar-refractivity contribution in [3.8, 4) is 0 Å². The van der Waals surface area contributed by atoms with Gasteiger partial charge < -0.3 is 4.74 Å². The van der Waals surface area contributed by atoms with Gasteiger partial charge in [-0.3, -0.25) is 4.79 Å². The topological polar surface area (TPSA) is 63.7 Å². The molecule has 1 saturated heterocycles. The van der Waals surface area contributed by atoms with E-state index in [0.717, 1.165) is 18.2 Å². The molecule has 0 N–H and O–H groups in total. The van der Waals surface area contributed by atoms with Crippen molar-refractivity contribution in [1.29, 1.82) is 0 Å². The summed E-state index contributed by atoms with van der Waals surface area (Å²) < 4.78 is 83.5. The van der Waals surface area contributed by atoms with Crippen molar-refractivity contribution in [1.82, 2.24) is 4.31 Å². The van der Waals surface area contributed by atoms with Crippen LogP contribution >= 0.6 is 0 Å². The summed E-state index contributed by atoms with van der Waals surface area (Å²) in [7, 11) is -3.82. The lowest BCUT2D eigenvalue weighted by Crippen LogP contribution is -2.40.